The SMILES string of the molecule is CC(C)Oc1ccc(NC(=O)CCc2ccc(C(=O)N(C)C)cc2)cc1. The maximum absolute atomic E-state index is 12.1. The van der Waals surface area contributed by atoms with Crippen molar-refractivity contribution in [3.8, 4) is 5.75 Å². The van der Waals surface area contributed by atoms with E-state index >= 15 is 0 Å². The number of hydrogen-bond acceptors (Lipinski definition) is 3. The number of nitrogens with one attached hydrogen (secondary N) is 1. The fraction of sp³-hybridized carbons (Fsp3) is 0.333. The summed E-state index contributed by atoms with van der Waals surface area (Å²) in [4.78, 5) is 25.5. The molecular formula is C21H26N2O3. The molecule has 0 bridgehead atoms. The zero-order valence-electron chi connectivity index (χ0n) is 15.8. The molecule has 0 atom stereocenters. The van der Waals surface area contributed by atoms with E-state index in [1.807, 2.05) is 50.2 Å². The first-order valence-corrected chi connectivity index (χ1v) is 8.72. The number of amides is 2. The lowest BCUT2D eigenvalue weighted by Crippen LogP contribution is -2.21. The molecule has 0 radical (unpaired) electrons. The molecule has 0 aromatic heterocycles. The molecule has 0 aliphatic heterocycles. The Labute approximate surface area is 155 Å². The van der Waals surface area contributed by atoms with Crippen molar-refractivity contribution in [3.05, 3.63) is 59.7 Å². The average molecular weight is 354 g/mol. The van der Waals surface area contributed by atoms with E-state index in [0.29, 0.717) is 18.4 Å². The van der Waals surface area contributed by atoms with Gasteiger partial charge in [-0.2, -0.15) is 0 Å². The standard InChI is InChI=1S/C21H26N2O3/c1-15(2)26-19-12-10-18(11-13-19)22-20(24)14-7-16-5-8-17(9-6-16)21(25)23(3)4/h5-6,8-13,15H,7,14H2,1-4H3,(H,22,24). The number of carbonyl (C=O) groups excluding carboxylic acids is 2. The number of hydrogen-bond donors (Lipinski definition) is 1. The van der Waals surface area contributed by atoms with Crippen molar-refractivity contribution in [1.29, 1.82) is 0 Å². The van der Waals surface area contributed by atoms with E-state index in [-0.39, 0.29) is 17.9 Å². The molecule has 5 nitrogen and oxygen atoms in total. The normalized spacial score (nSPS) is 10.5. The van der Waals surface area contributed by atoms with Gasteiger partial charge in [-0.1, -0.05) is 12.1 Å². The highest BCUT2D eigenvalue weighted by atomic mass is 16.5. The van der Waals surface area contributed by atoms with E-state index < -0.39 is 0 Å². The van der Waals surface area contributed by atoms with Gasteiger partial charge in [0.2, 0.25) is 5.91 Å². The molecule has 2 aromatic carbocycles. The molecule has 0 heterocycles. The minimum absolute atomic E-state index is 0.0285. The average Bonchev–Trinajstić information content (AvgIpc) is 2.61. The van der Waals surface area contributed by atoms with Gasteiger partial charge >= 0.3 is 0 Å². The van der Waals surface area contributed by atoms with Crippen LogP contribution >= 0.6 is 0 Å². The molecule has 1 N–H and O–H groups in total. The third-order valence-electron chi connectivity index (χ3n) is 3.76. The number of rotatable bonds is 7. The van der Waals surface area contributed by atoms with Crippen LogP contribution in [0.4, 0.5) is 5.69 Å². The monoisotopic (exact) mass is 354 g/mol. The van der Waals surface area contributed by atoms with Crippen LogP contribution in [0, 0.1) is 0 Å². The second-order valence-corrected chi connectivity index (χ2v) is 6.64. The van der Waals surface area contributed by atoms with E-state index in [9.17, 15) is 9.59 Å². The van der Waals surface area contributed by atoms with Gasteiger partial charge in [0.15, 0.2) is 0 Å². The Morgan fingerprint density at radius 2 is 1.62 bits per heavy atom. The second kappa shape index (κ2) is 9.04. The van der Waals surface area contributed by atoms with Crippen molar-refractivity contribution in [1.82, 2.24) is 4.90 Å². The van der Waals surface area contributed by atoms with Crippen molar-refractivity contribution < 1.29 is 14.3 Å². The quantitative estimate of drug-likeness (QED) is 0.824. The van der Waals surface area contributed by atoms with Crippen molar-refractivity contribution in [2.24, 2.45) is 0 Å². The zero-order chi connectivity index (χ0) is 19.1. The maximum Gasteiger partial charge on any atom is 0.253 e. The van der Waals surface area contributed by atoms with Gasteiger partial charge in [0.25, 0.3) is 5.91 Å². The van der Waals surface area contributed by atoms with Crippen LogP contribution in [-0.2, 0) is 11.2 Å². The molecule has 2 aromatic rings. The van der Waals surface area contributed by atoms with Gasteiger partial charge in [-0.3, -0.25) is 9.59 Å². The Hall–Kier alpha value is -2.82. The highest BCUT2D eigenvalue weighted by molar-refractivity contribution is 5.94. The fourth-order valence-electron chi connectivity index (χ4n) is 2.44. The summed E-state index contributed by atoms with van der Waals surface area (Å²) in [7, 11) is 3.45. The van der Waals surface area contributed by atoms with Crippen molar-refractivity contribution in [2.75, 3.05) is 19.4 Å². The number of anilines is 1. The minimum atomic E-state index is -0.0454. The van der Waals surface area contributed by atoms with Gasteiger partial charge in [-0.15, -0.1) is 0 Å². The molecule has 138 valence electrons. The molecule has 0 saturated heterocycles. The molecule has 0 aliphatic rings. The van der Waals surface area contributed by atoms with Gasteiger partial charge in [-0.05, 0) is 62.2 Å². The Morgan fingerprint density at radius 1 is 1.00 bits per heavy atom. The lowest BCUT2D eigenvalue weighted by Gasteiger charge is -2.11. The molecule has 0 aliphatic carbocycles. The first-order chi connectivity index (χ1) is 12.3. The number of ether oxygens (including phenoxy) is 1. The van der Waals surface area contributed by atoms with Crippen LogP contribution < -0.4 is 10.1 Å². The molecule has 0 saturated carbocycles. The maximum atomic E-state index is 12.1. The molecule has 0 unspecified atom stereocenters. The van der Waals surface area contributed by atoms with Gasteiger partial charge in [0, 0.05) is 31.8 Å². The molecule has 0 fully saturated rings. The van der Waals surface area contributed by atoms with E-state index in [0.717, 1.165) is 17.0 Å². The van der Waals surface area contributed by atoms with Gasteiger partial charge in [0.05, 0.1) is 6.10 Å². The first kappa shape index (κ1) is 19.5. The third kappa shape index (κ3) is 5.92. The van der Waals surface area contributed by atoms with Crippen LogP contribution in [0.3, 0.4) is 0 Å². The predicted octanol–water partition coefficient (Wildman–Crippen LogP) is 3.75. The van der Waals surface area contributed by atoms with Crippen LogP contribution in [0.5, 0.6) is 5.75 Å². The fourth-order valence-corrected chi connectivity index (χ4v) is 2.44. The topological polar surface area (TPSA) is 58.6 Å². The van der Waals surface area contributed by atoms with Gasteiger partial charge in [-0.25, -0.2) is 0 Å². The number of aryl methyl sites for hydroxylation is 1. The summed E-state index contributed by atoms with van der Waals surface area (Å²) in [5.74, 6) is 0.709. The van der Waals surface area contributed by atoms with Crippen molar-refractivity contribution in [2.45, 2.75) is 32.8 Å². The Morgan fingerprint density at radius 3 is 2.15 bits per heavy atom. The van der Waals surface area contributed by atoms with Gasteiger partial charge < -0.3 is 15.0 Å². The predicted molar refractivity (Wildman–Crippen MR) is 104 cm³/mol. The Bertz CT molecular complexity index is 735. The van der Waals surface area contributed by atoms with E-state index in [2.05, 4.69) is 5.32 Å². The molecule has 2 amide bonds. The van der Waals surface area contributed by atoms with Crippen molar-refractivity contribution >= 4 is 17.5 Å². The van der Waals surface area contributed by atoms with Crippen LogP contribution in [0.2, 0.25) is 0 Å². The van der Waals surface area contributed by atoms with E-state index in [1.165, 1.54) is 0 Å². The van der Waals surface area contributed by atoms with Crippen LogP contribution in [-0.4, -0.2) is 36.9 Å². The third-order valence-corrected chi connectivity index (χ3v) is 3.76. The highest BCUT2D eigenvalue weighted by Gasteiger charge is 2.08. The Balaban J connectivity index is 1.84. The number of benzene rings is 2. The van der Waals surface area contributed by atoms with Crippen molar-refractivity contribution in [3.63, 3.8) is 0 Å². The molecule has 5 heteroatoms. The minimum Gasteiger partial charge on any atom is -0.491 e. The largest absolute Gasteiger partial charge is 0.491 e. The molecule has 26 heavy (non-hydrogen) atoms. The summed E-state index contributed by atoms with van der Waals surface area (Å²) >= 11 is 0. The second-order valence-electron chi connectivity index (χ2n) is 6.64. The Kier molecular flexibility index (Phi) is 6.78. The molecule has 2 rings (SSSR count). The molecule has 0 spiro atoms. The zero-order valence-corrected chi connectivity index (χ0v) is 15.8. The van der Waals surface area contributed by atoms with E-state index in [4.69, 9.17) is 4.74 Å². The first-order valence-electron chi connectivity index (χ1n) is 8.72. The van der Waals surface area contributed by atoms with Crippen LogP contribution in [0.25, 0.3) is 0 Å². The number of carbonyl (C=O) groups is 2. The highest BCUT2D eigenvalue weighted by Crippen LogP contribution is 2.17. The summed E-state index contributed by atoms with van der Waals surface area (Å²) in [5, 5.41) is 2.88. The summed E-state index contributed by atoms with van der Waals surface area (Å²) in [5.41, 5.74) is 2.42. The number of nitrogens with zero attached hydrogens (tertiary/aromatic N) is 1. The summed E-state index contributed by atoms with van der Waals surface area (Å²) in [6, 6.07) is 14.7. The lowest BCUT2D eigenvalue weighted by atomic mass is 10.1. The summed E-state index contributed by atoms with van der Waals surface area (Å²) in [6.45, 7) is 3.94. The van der Waals surface area contributed by atoms with E-state index in [1.54, 1.807) is 31.1 Å². The van der Waals surface area contributed by atoms with Gasteiger partial charge in [0.1, 0.15) is 5.75 Å². The summed E-state index contributed by atoms with van der Waals surface area (Å²) < 4.78 is 5.58. The van der Waals surface area contributed by atoms with Crippen LogP contribution in [0.1, 0.15) is 36.2 Å². The molecular weight excluding hydrogens is 328 g/mol. The smallest absolute Gasteiger partial charge is 0.253 e. The lowest BCUT2D eigenvalue weighted by molar-refractivity contribution is -0.116. The van der Waals surface area contributed by atoms with Crippen LogP contribution in [0.15, 0.2) is 48.5 Å². The summed E-state index contributed by atoms with van der Waals surface area (Å²) in [6.07, 6.45) is 1.12.